The van der Waals surface area contributed by atoms with Crippen LogP contribution in [0.15, 0.2) is 47.4 Å². The molecule has 0 saturated carbocycles. The topological polar surface area (TPSA) is 94.0 Å². The molecule has 0 spiro atoms. The SMILES string of the molecule is CB(O)N1CCC(N(c2cccc(CO)n2)S(=O)(=O)c2ccccc2Cl)CC1. The van der Waals surface area contributed by atoms with Gasteiger partial charge in [0.25, 0.3) is 10.0 Å². The molecule has 1 aliphatic heterocycles. The monoisotopic (exact) mass is 423 g/mol. The second kappa shape index (κ2) is 8.79. The summed E-state index contributed by atoms with van der Waals surface area (Å²) in [7, 11) is -4.55. The number of hydrogen-bond acceptors (Lipinski definition) is 6. The molecule has 1 aromatic carbocycles. The van der Waals surface area contributed by atoms with Gasteiger partial charge in [-0.1, -0.05) is 29.8 Å². The van der Waals surface area contributed by atoms with Crippen LogP contribution in [0.25, 0.3) is 0 Å². The third-order valence-electron chi connectivity index (χ3n) is 4.91. The number of benzene rings is 1. The van der Waals surface area contributed by atoms with Crippen molar-refractivity contribution in [2.24, 2.45) is 0 Å². The van der Waals surface area contributed by atoms with Crippen molar-refractivity contribution in [1.82, 2.24) is 9.79 Å². The quantitative estimate of drug-likeness (QED) is 0.690. The molecular weight excluding hydrogens is 401 g/mol. The number of piperidine rings is 1. The molecular formula is C18H23BClN3O4S. The number of aliphatic hydroxyl groups excluding tert-OH is 1. The van der Waals surface area contributed by atoms with E-state index in [9.17, 15) is 18.5 Å². The summed E-state index contributed by atoms with van der Waals surface area (Å²) in [5, 5.41) is 19.4. The van der Waals surface area contributed by atoms with Crippen LogP contribution in [0.5, 0.6) is 0 Å². The first kappa shape index (κ1) is 21.1. The molecule has 0 amide bonds. The van der Waals surface area contributed by atoms with Crippen LogP contribution in [0, 0.1) is 0 Å². The molecule has 150 valence electrons. The van der Waals surface area contributed by atoms with E-state index in [0.717, 1.165) is 0 Å². The highest BCUT2D eigenvalue weighted by Crippen LogP contribution is 2.32. The van der Waals surface area contributed by atoms with E-state index in [4.69, 9.17) is 11.6 Å². The van der Waals surface area contributed by atoms with Crippen LogP contribution in [0.1, 0.15) is 18.5 Å². The lowest BCUT2D eigenvalue weighted by molar-refractivity contribution is 0.276. The average molecular weight is 424 g/mol. The first-order valence-corrected chi connectivity index (χ1v) is 10.9. The van der Waals surface area contributed by atoms with Gasteiger partial charge in [0.1, 0.15) is 10.7 Å². The van der Waals surface area contributed by atoms with E-state index >= 15 is 0 Å². The first-order valence-electron chi connectivity index (χ1n) is 9.12. The Hall–Kier alpha value is -1.65. The number of hydrogen-bond donors (Lipinski definition) is 2. The van der Waals surface area contributed by atoms with Crippen molar-refractivity contribution in [3.8, 4) is 0 Å². The van der Waals surface area contributed by atoms with E-state index in [0.29, 0.717) is 31.6 Å². The van der Waals surface area contributed by atoms with Crippen molar-refractivity contribution >= 4 is 34.5 Å². The van der Waals surface area contributed by atoms with Gasteiger partial charge in [0.05, 0.1) is 17.3 Å². The summed E-state index contributed by atoms with van der Waals surface area (Å²) in [5.41, 5.74) is 0.387. The Balaban J connectivity index is 2.04. The van der Waals surface area contributed by atoms with Gasteiger partial charge in [0, 0.05) is 6.04 Å². The Labute approximate surface area is 170 Å². The molecule has 28 heavy (non-hydrogen) atoms. The van der Waals surface area contributed by atoms with Gasteiger partial charge >= 0.3 is 7.05 Å². The minimum Gasteiger partial charge on any atom is -0.437 e. The molecule has 10 heteroatoms. The summed E-state index contributed by atoms with van der Waals surface area (Å²) >= 11 is 6.19. The van der Waals surface area contributed by atoms with Gasteiger partial charge in [-0.25, -0.2) is 17.7 Å². The van der Waals surface area contributed by atoms with Gasteiger partial charge in [0.15, 0.2) is 0 Å². The summed E-state index contributed by atoms with van der Waals surface area (Å²) in [4.78, 5) is 6.25. The fraction of sp³-hybridized carbons (Fsp3) is 0.389. The molecule has 2 N–H and O–H groups in total. The Morgan fingerprint density at radius 3 is 2.50 bits per heavy atom. The minimum absolute atomic E-state index is 0.0193. The maximum absolute atomic E-state index is 13.5. The maximum Gasteiger partial charge on any atom is 0.376 e. The summed E-state index contributed by atoms with van der Waals surface area (Å²) in [6.07, 6.45) is 1.08. The van der Waals surface area contributed by atoms with Crippen LogP contribution in [-0.4, -0.2) is 54.5 Å². The molecule has 1 fully saturated rings. The minimum atomic E-state index is -3.97. The highest BCUT2D eigenvalue weighted by Gasteiger charge is 2.36. The zero-order valence-corrected chi connectivity index (χ0v) is 17.1. The van der Waals surface area contributed by atoms with Gasteiger partial charge in [-0.3, -0.25) is 0 Å². The molecule has 0 atom stereocenters. The largest absolute Gasteiger partial charge is 0.437 e. The standard InChI is InChI=1S/C18H23BClN3O4S/c1-19(25)22-11-9-15(10-12-22)23(18-8-4-5-14(13-24)21-18)28(26,27)17-7-3-2-6-16(17)20/h2-8,15,24-25H,9-13H2,1H3. The highest BCUT2D eigenvalue weighted by atomic mass is 35.5. The Morgan fingerprint density at radius 1 is 1.21 bits per heavy atom. The normalized spacial score (nSPS) is 16.1. The van der Waals surface area contributed by atoms with E-state index < -0.39 is 17.1 Å². The number of halogens is 1. The van der Waals surface area contributed by atoms with Crippen LogP contribution in [0.4, 0.5) is 5.82 Å². The van der Waals surface area contributed by atoms with Crippen LogP contribution in [0.2, 0.25) is 11.8 Å². The fourth-order valence-corrected chi connectivity index (χ4v) is 5.59. The first-order chi connectivity index (χ1) is 13.3. The van der Waals surface area contributed by atoms with Crippen molar-refractivity contribution in [2.45, 2.75) is 37.2 Å². The number of nitrogens with zero attached hydrogens (tertiary/aromatic N) is 3. The zero-order valence-electron chi connectivity index (χ0n) is 15.6. The van der Waals surface area contributed by atoms with E-state index in [1.807, 2.05) is 4.81 Å². The van der Waals surface area contributed by atoms with Crippen molar-refractivity contribution in [1.29, 1.82) is 0 Å². The van der Waals surface area contributed by atoms with E-state index in [2.05, 4.69) is 4.98 Å². The van der Waals surface area contributed by atoms with Crippen LogP contribution >= 0.6 is 11.6 Å². The number of aliphatic hydroxyl groups is 1. The Morgan fingerprint density at radius 2 is 1.89 bits per heavy atom. The fourth-order valence-electron chi connectivity index (χ4n) is 3.44. The van der Waals surface area contributed by atoms with Crippen LogP contribution < -0.4 is 4.31 Å². The van der Waals surface area contributed by atoms with Gasteiger partial charge in [-0.2, -0.15) is 0 Å². The number of anilines is 1. The molecule has 1 saturated heterocycles. The molecule has 0 aliphatic carbocycles. The second-order valence-corrected chi connectivity index (χ2v) is 8.97. The van der Waals surface area contributed by atoms with Crippen molar-refractivity contribution in [3.63, 3.8) is 0 Å². The van der Waals surface area contributed by atoms with E-state index in [1.54, 1.807) is 43.2 Å². The summed E-state index contributed by atoms with van der Waals surface area (Å²) < 4.78 is 28.4. The lowest BCUT2D eigenvalue weighted by Gasteiger charge is -2.39. The second-order valence-electron chi connectivity index (χ2n) is 6.78. The predicted molar refractivity (Wildman–Crippen MR) is 110 cm³/mol. The summed E-state index contributed by atoms with van der Waals surface area (Å²) in [6, 6.07) is 10.9. The lowest BCUT2D eigenvalue weighted by Crippen LogP contribution is -2.51. The molecule has 1 aromatic heterocycles. The van der Waals surface area contributed by atoms with Crippen LogP contribution in [0.3, 0.4) is 0 Å². The van der Waals surface area contributed by atoms with Crippen molar-refractivity contribution < 1.29 is 18.5 Å². The zero-order chi connectivity index (χ0) is 20.3. The maximum atomic E-state index is 13.5. The number of sulfonamides is 1. The smallest absolute Gasteiger partial charge is 0.376 e. The van der Waals surface area contributed by atoms with Crippen LogP contribution in [-0.2, 0) is 16.6 Å². The summed E-state index contributed by atoms with van der Waals surface area (Å²) in [6.45, 7) is 2.55. The third-order valence-corrected chi connectivity index (χ3v) is 7.27. The van der Waals surface area contributed by atoms with E-state index in [1.165, 1.54) is 10.4 Å². The molecule has 7 nitrogen and oxygen atoms in total. The molecule has 1 aliphatic rings. The molecule has 0 unspecified atom stereocenters. The molecule has 2 heterocycles. The molecule has 2 aromatic rings. The number of rotatable bonds is 6. The van der Waals surface area contributed by atoms with Gasteiger partial charge < -0.3 is 14.9 Å². The molecule has 0 bridgehead atoms. The number of pyridine rings is 1. The van der Waals surface area contributed by atoms with Gasteiger partial charge in [0.2, 0.25) is 0 Å². The predicted octanol–water partition coefficient (Wildman–Crippen LogP) is 2.00. The third kappa shape index (κ3) is 4.34. The molecule has 3 rings (SSSR count). The van der Waals surface area contributed by atoms with Gasteiger partial charge in [-0.05, 0) is 57.0 Å². The average Bonchev–Trinajstić information content (AvgIpc) is 2.68. The van der Waals surface area contributed by atoms with Crippen molar-refractivity contribution in [3.05, 3.63) is 53.2 Å². The Bertz CT molecular complexity index is 921. The highest BCUT2D eigenvalue weighted by molar-refractivity contribution is 7.93. The lowest BCUT2D eigenvalue weighted by atomic mass is 9.82. The Kier molecular flexibility index (Phi) is 6.62. The van der Waals surface area contributed by atoms with Crippen molar-refractivity contribution in [2.75, 3.05) is 17.4 Å². The summed E-state index contributed by atoms with van der Waals surface area (Å²) in [5.74, 6) is 0.252. The number of aromatic nitrogens is 1. The van der Waals surface area contributed by atoms with Gasteiger partial charge in [-0.15, -0.1) is 0 Å². The molecule has 0 radical (unpaired) electrons. The van der Waals surface area contributed by atoms with E-state index in [-0.39, 0.29) is 28.4 Å².